The summed E-state index contributed by atoms with van der Waals surface area (Å²) in [5, 5.41) is 3.28. The number of benzene rings is 1. The molecular formula is C10H7BrClNO2. The minimum Gasteiger partial charge on any atom is -0.475 e. The summed E-state index contributed by atoms with van der Waals surface area (Å²) in [6.07, 6.45) is 1.56. The van der Waals surface area contributed by atoms with E-state index in [0.717, 1.165) is 17.3 Å². The summed E-state index contributed by atoms with van der Waals surface area (Å²) in [6, 6.07) is 3.55. The minimum atomic E-state index is -0.614. The summed E-state index contributed by atoms with van der Waals surface area (Å²) in [6.45, 7) is 0. The zero-order valence-corrected chi connectivity index (χ0v) is 9.98. The van der Waals surface area contributed by atoms with E-state index in [2.05, 4.69) is 21.2 Å². The van der Waals surface area contributed by atoms with Crippen LogP contribution in [0.1, 0.15) is 12.8 Å². The summed E-state index contributed by atoms with van der Waals surface area (Å²) < 4.78 is 6.52. The lowest BCUT2D eigenvalue weighted by Gasteiger charge is -2.26. The summed E-state index contributed by atoms with van der Waals surface area (Å²) >= 11 is 9.34. The molecule has 15 heavy (non-hydrogen) atoms. The fraction of sp³-hybridized carbons (Fsp3) is 0.300. The predicted molar refractivity (Wildman–Crippen MR) is 60.4 cm³/mol. The molecule has 0 saturated heterocycles. The van der Waals surface area contributed by atoms with E-state index in [9.17, 15) is 4.79 Å². The topological polar surface area (TPSA) is 38.3 Å². The van der Waals surface area contributed by atoms with Gasteiger partial charge in [-0.05, 0) is 12.1 Å². The Labute approximate surface area is 99.9 Å². The Balaban J connectivity index is 2.12. The van der Waals surface area contributed by atoms with E-state index >= 15 is 0 Å². The molecular weight excluding hydrogens is 281 g/mol. The highest BCUT2D eigenvalue weighted by Gasteiger charge is 2.55. The van der Waals surface area contributed by atoms with Crippen LogP contribution in [0.4, 0.5) is 5.69 Å². The Morgan fingerprint density at radius 1 is 1.47 bits per heavy atom. The molecule has 3 rings (SSSR count). The first kappa shape index (κ1) is 9.48. The number of ether oxygens (including phenoxy) is 1. The molecule has 0 bridgehead atoms. The molecule has 0 atom stereocenters. The lowest BCUT2D eigenvalue weighted by Crippen LogP contribution is -2.39. The van der Waals surface area contributed by atoms with E-state index < -0.39 is 5.60 Å². The van der Waals surface area contributed by atoms with E-state index in [1.807, 2.05) is 6.07 Å². The van der Waals surface area contributed by atoms with Gasteiger partial charge in [-0.1, -0.05) is 27.5 Å². The van der Waals surface area contributed by atoms with Gasteiger partial charge in [0.05, 0.1) is 5.02 Å². The Morgan fingerprint density at radius 2 is 2.20 bits per heavy atom. The van der Waals surface area contributed by atoms with Crippen LogP contribution in [0.15, 0.2) is 16.6 Å². The van der Waals surface area contributed by atoms with E-state index in [0.29, 0.717) is 16.5 Å². The first-order valence-electron chi connectivity index (χ1n) is 4.60. The van der Waals surface area contributed by atoms with Crippen LogP contribution in [0.3, 0.4) is 0 Å². The van der Waals surface area contributed by atoms with E-state index in [1.54, 1.807) is 6.07 Å². The maximum Gasteiger partial charge on any atom is 0.268 e. The molecule has 2 aliphatic rings. The molecule has 78 valence electrons. The number of amides is 1. The molecule has 1 aliphatic carbocycles. The third-order valence-electron chi connectivity index (χ3n) is 2.68. The number of hydrogen-bond donors (Lipinski definition) is 1. The second kappa shape index (κ2) is 2.89. The van der Waals surface area contributed by atoms with Gasteiger partial charge in [0.15, 0.2) is 5.60 Å². The molecule has 0 radical (unpaired) electrons. The normalized spacial score (nSPS) is 20.5. The first-order valence-corrected chi connectivity index (χ1v) is 5.77. The lowest BCUT2D eigenvalue weighted by atomic mass is 10.2. The molecule has 1 aromatic rings. The zero-order chi connectivity index (χ0) is 10.6. The first-order chi connectivity index (χ1) is 7.11. The Kier molecular flexibility index (Phi) is 1.83. The second-order valence-electron chi connectivity index (χ2n) is 3.81. The number of anilines is 1. The smallest absolute Gasteiger partial charge is 0.268 e. The van der Waals surface area contributed by atoms with Crippen molar-refractivity contribution in [3.05, 3.63) is 21.6 Å². The van der Waals surface area contributed by atoms with Crippen LogP contribution in [0.2, 0.25) is 5.02 Å². The molecule has 0 aromatic heterocycles. The van der Waals surface area contributed by atoms with Gasteiger partial charge in [0, 0.05) is 17.3 Å². The standard InChI is InChI=1S/C10H7BrClNO2/c11-5-3-6(12)8-7(4-5)15-10(1-2-10)9(14)13-8/h3-4H,1-2H2,(H,13,14). The van der Waals surface area contributed by atoms with Gasteiger partial charge in [-0.3, -0.25) is 4.79 Å². The molecule has 1 aromatic carbocycles. The van der Waals surface area contributed by atoms with Crippen molar-refractivity contribution in [1.29, 1.82) is 0 Å². The van der Waals surface area contributed by atoms with Gasteiger partial charge >= 0.3 is 0 Å². The minimum absolute atomic E-state index is 0.0841. The van der Waals surface area contributed by atoms with Gasteiger partial charge < -0.3 is 10.1 Å². The van der Waals surface area contributed by atoms with Gasteiger partial charge in [0.2, 0.25) is 0 Å². The van der Waals surface area contributed by atoms with Crippen molar-refractivity contribution in [1.82, 2.24) is 0 Å². The fourth-order valence-electron chi connectivity index (χ4n) is 1.68. The zero-order valence-electron chi connectivity index (χ0n) is 7.64. The monoisotopic (exact) mass is 287 g/mol. The molecule has 0 unspecified atom stereocenters. The predicted octanol–water partition coefficient (Wildman–Crippen LogP) is 2.97. The van der Waals surface area contributed by atoms with Crippen molar-refractivity contribution >= 4 is 39.1 Å². The fourth-order valence-corrected chi connectivity index (χ4v) is 2.51. The van der Waals surface area contributed by atoms with Gasteiger partial charge in [-0.2, -0.15) is 0 Å². The molecule has 1 amide bonds. The van der Waals surface area contributed by atoms with Crippen molar-refractivity contribution in [3.8, 4) is 5.75 Å². The van der Waals surface area contributed by atoms with Crippen LogP contribution in [0.5, 0.6) is 5.75 Å². The summed E-state index contributed by atoms with van der Waals surface area (Å²) in [5.74, 6) is 0.561. The molecule has 1 saturated carbocycles. The van der Waals surface area contributed by atoms with Gasteiger partial charge in [0.25, 0.3) is 5.91 Å². The summed E-state index contributed by atoms with van der Waals surface area (Å²) in [7, 11) is 0. The third kappa shape index (κ3) is 1.35. The van der Waals surface area contributed by atoms with Crippen molar-refractivity contribution in [3.63, 3.8) is 0 Å². The highest BCUT2D eigenvalue weighted by Crippen LogP contribution is 2.49. The van der Waals surface area contributed by atoms with Gasteiger partial charge in [-0.15, -0.1) is 0 Å². The number of fused-ring (bicyclic) bond motifs is 1. The number of nitrogens with one attached hydrogen (secondary N) is 1. The third-order valence-corrected chi connectivity index (χ3v) is 3.44. The maximum absolute atomic E-state index is 11.7. The van der Waals surface area contributed by atoms with Crippen LogP contribution in [0.25, 0.3) is 0 Å². The molecule has 1 spiro atoms. The summed E-state index contributed by atoms with van der Waals surface area (Å²) in [5.41, 5.74) is -0.0423. The van der Waals surface area contributed by atoms with Crippen molar-refractivity contribution in [2.24, 2.45) is 0 Å². The summed E-state index contributed by atoms with van der Waals surface area (Å²) in [4.78, 5) is 11.7. The highest BCUT2D eigenvalue weighted by atomic mass is 79.9. The molecule has 1 N–H and O–H groups in total. The number of carbonyl (C=O) groups is 1. The van der Waals surface area contributed by atoms with Crippen molar-refractivity contribution in [2.45, 2.75) is 18.4 Å². The van der Waals surface area contributed by atoms with Crippen LogP contribution < -0.4 is 10.1 Å². The van der Waals surface area contributed by atoms with Crippen molar-refractivity contribution in [2.75, 3.05) is 5.32 Å². The Morgan fingerprint density at radius 3 is 2.87 bits per heavy atom. The average molecular weight is 289 g/mol. The van der Waals surface area contributed by atoms with Crippen LogP contribution in [-0.2, 0) is 4.79 Å². The maximum atomic E-state index is 11.7. The largest absolute Gasteiger partial charge is 0.475 e. The van der Waals surface area contributed by atoms with Crippen LogP contribution in [-0.4, -0.2) is 11.5 Å². The Bertz CT molecular complexity index is 471. The van der Waals surface area contributed by atoms with Crippen LogP contribution >= 0.6 is 27.5 Å². The highest BCUT2D eigenvalue weighted by molar-refractivity contribution is 9.10. The van der Waals surface area contributed by atoms with Crippen molar-refractivity contribution < 1.29 is 9.53 Å². The molecule has 3 nitrogen and oxygen atoms in total. The number of rotatable bonds is 0. The van der Waals surface area contributed by atoms with Gasteiger partial charge in [0.1, 0.15) is 11.4 Å². The number of carbonyl (C=O) groups excluding carboxylic acids is 1. The molecule has 5 heteroatoms. The van der Waals surface area contributed by atoms with E-state index in [1.165, 1.54) is 0 Å². The van der Waals surface area contributed by atoms with Gasteiger partial charge in [-0.25, -0.2) is 0 Å². The molecule has 1 heterocycles. The van der Waals surface area contributed by atoms with E-state index in [-0.39, 0.29) is 5.91 Å². The lowest BCUT2D eigenvalue weighted by molar-refractivity contribution is -0.125. The Hall–Kier alpha value is -0.740. The average Bonchev–Trinajstić information content (AvgIpc) is 2.90. The molecule has 1 aliphatic heterocycles. The SMILES string of the molecule is O=C1Nc2c(Cl)cc(Br)cc2OC12CC2. The van der Waals surface area contributed by atoms with E-state index in [4.69, 9.17) is 16.3 Å². The van der Waals surface area contributed by atoms with Crippen LogP contribution in [0, 0.1) is 0 Å². The number of hydrogen-bond acceptors (Lipinski definition) is 2. The second-order valence-corrected chi connectivity index (χ2v) is 5.13. The molecule has 1 fully saturated rings. The quantitative estimate of drug-likeness (QED) is 0.797. The number of halogens is 2.